The average Bonchev–Trinajstić information content (AvgIpc) is 2.50. The fourth-order valence-corrected chi connectivity index (χ4v) is 1.30. The van der Waals surface area contributed by atoms with Crippen LogP contribution in [-0.4, -0.2) is 72.5 Å². The molecule has 27 heavy (non-hydrogen) atoms. The number of nitrogens with one attached hydrogen (secondary N) is 2. The standard InChI is InChI=1S/C6H14N4O2.C6H14N2O2.CH4O3S/c7-4(5(11)12)2-1-3-10-6(8)9;7-4-2-1-3-5(8)6(9)10;1-5(2,3)4/h4H,1-3,7H2,(H,11,12)(H4,8,9,10);5H,1-4,7-8H2,(H,9,10);1H3,(H,2,3,4). The Kier molecular flexibility index (Phi) is 19.2. The summed E-state index contributed by atoms with van der Waals surface area (Å²) in [7, 11) is -3.67. The van der Waals surface area contributed by atoms with Gasteiger partial charge in [-0.15, -0.1) is 0 Å². The number of rotatable bonds is 10. The molecule has 0 aromatic carbocycles. The zero-order valence-electron chi connectivity index (χ0n) is 15.3. The van der Waals surface area contributed by atoms with Crippen LogP contribution < -0.4 is 28.3 Å². The highest BCUT2D eigenvalue weighted by molar-refractivity contribution is 7.85. The van der Waals surface area contributed by atoms with Crippen molar-refractivity contribution in [2.75, 3.05) is 19.3 Å². The van der Waals surface area contributed by atoms with Crippen molar-refractivity contribution >= 4 is 28.0 Å². The molecule has 0 spiro atoms. The first-order chi connectivity index (χ1) is 12.2. The van der Waals surface area contributed by atoms with E-state index in [9.17, 15) is 18.0 Å². The predicted octanol–water partition coefficient (Wildman–Crippen LogP) is -2.31. The van der Waals surface area contributed by atoms with Gasteiger partial charge >= 0.3 is 11.9 Å². The second-order valence-electron chi connectivity index (χ2n) is 5.39. The Morgan fingerprint density at radius 3 is 1.70 bits per heavy atom. The lowest BCUT2D eigenvalue weighted by atomic mass is 10.1. The van der Waals surface area contributed by atoms with Gasteiger partial charge in [-0.3, -0.25) is 19.6 Å². The van der Waals surface area contributed by atoms with Gasteiger partial charge in [-0.05, 0) is 32.2 Å². The Morgan fingerprint density at radius 1 is 1.04 bits per heavy atom. The van der Waals surface area contributed by atoms with Crippen LogP contribution in [0.25, 0.3) is 0 Å². The molecule has 0 aliphatic heterocycles. The Balaban J connectivity index is -0.000000347. The molecule has 0 saturated heterocycles. The number of carbonyl (C=O) groups is 2. The molecule has 0 aliphatic rings. The number of guanidine groups is 1. The Labute approximate surface area is 158 Å². The highest BCUT2D eigenvalue weighted by atomic mass is 32.2. The highest BCUT2D eigenvalue weighted by Gasteiger charge is 2.10. The van der Waals surface area contributed by atoms with Crippen LogP contribution in [0.4, 0.5) is 0 Å². The second-order valence-corrected chi connectivity index (χ2v) is 6.86. The lowest BCUT2D eigenvalue weighted by Gasteiger charge is -2.06. The first kappa shape index (κ1) is 29.8. The summed E-state index contributed by atoms with van der Waals surface area (Å²) in [5.41, 5.74) is 20.6. The van der Waals surface area contributed by atoms with Crippen molar-refractivity contribution in [3.05, 3.63) is 0 Å². The van der Waals surface area contributed by atoms with Crippen molar-refractivity contribution in [2.45, 2.75) is 44.2 Å². The van der Waals surface area contributed by atoms with Crippen molar-refractivity contribution in [3.8, 4) is 0 Å². The van der Waals surface area contributed by atoms with Gasteiger partial charge in [-0.2, -0.15) is 8.42 Å². The summed E-state index contributed by atoms with van der Waals surface area (Å²) in [4.78, 5) is 20.4. The molecule has 0 heterocycles. The van der Waals surface area contributed by atoms with Crippen LogP contribution in [0.3, 0.4) is 0 Å². The van der Waals surface area contributed by atoms with Crippen molar-refractivity contribution in [2.24, 2.45) is 22.9 Å². The Bertz CT molecular complexity index is 521. The van der Waals surface area contributed by atoms with E-state index in [2.05, 4.69) is 5.32 Å². The fraction of sp³-hybridized carbons (Fsp3) is 0.769. The van der Waals surface area contributed by atoms with Crippen LogP contribution in [0.2, 0.25) is 0 Å². The molecule has 2 atom stereocenters. The number of hydrogen-bond donors (Lipinski definition) is 9. The maximum Gasteiger partial charge on any atom is 0.320 e. The molecule has 14 heteroatoms. The van der Waals surface area contributed by atoms with Crippen molar-refractivity contribution in [1.82, 2.24) is 5.32 Å². The molecule has 0 aromatic rings. The average molecular weight is 417 g/mol. The summed E-state index contributed by atoms with van der Waals surface area (Å²) < 4.78 is 25.9. The molecular weight excluding hydrogens is 384 g/mol. The van der Waals surface area contributed by atoms with E-state index in [1.165, 1.54) is 0 Å². The number of carboxylic acid groups (broad SMARTS) is 2. The van der Waals surface area contributed by atoms with Gasteiger partial charge in [0.1, 0.15) is 12.1 Å². The minimum Gasteiger partial charge on any atom is -0.480 e. The van der Waals surface area contributed by atoms with E-state index < -0.39 is 34.1 Å². The summed E-state index contributed by atoms with van der Waals surface area (Å²) in [5, 5.41) is 26.0. The predicted molar refractivity (Wildman–Crippen MR) is 101 cm³/mol. The van der Waals surface area contributed by atoms with Gasteiger partial charge in [0.15, 0.2) is 5.96 Å². The highest BCUT2D eigenvalue weighted by Crippen LogP contribution is 1.97. The van der Waals surface area contributed by atoms with Gasteiger partial charge in [0, 0.05) is 6.54 Å². The third-order valence-corrected chi connectivity index (χ3v) is 2.61. The van der Waals surface area contributed by atoms with E-state index in [1.807, 2.05) is 0 Å². The quantitative estimate of drug-likeness (QED) is 0.0786. The summed E-state index contributed by atoms with van der Waals surface area (Å²) in [6, 6.07) is -1.54. The van der Waals surface area contributed by atoms with Crippen LogP contribution in [0.1, 0.15) is 32.1 Å². The number of aliphatic carboxylic acids is 2. The SMILES string of the molecule is CS(=O)(=O)O.N=C(N)NCCCC(N)C(=O)O.NCCCCC(N)C(=O)O. The first-order valence-corrected chi connectivity index (χ1v) is 9.74. The van der Waals surface area contributed by atoms with E-state index in [4.69, 9.17) is 43.1 Å². The van der Waals surface area contributed by atoms with E-state index >= 15 is 0 Å². The van der Waals surface area contributed by atoms with E-state index in [-0.39, 0.29) is 5.96 Å². The van der Waals surface area contributed by atoms with Crippen molar-refractivity contribution in [3.63, 3.8) is 0 Å². The molecule has 0 aromatic heterocycles. The molecule has 2 unspecified atom stereocenters. The largest absolute Gasteiger partial charge is 0.480 e. The smallest absolute Gasteiger partial charge is 0.320 e. The van der Waals surface area contributed by atoms with Gasteiger partial charge in [0.05, 0.1) is 6.26 Å². The van der Waals surface area contributed by atoms with Gasteiger partial charge in [-0.25, -0.2) is 0 Å². The lowest BCUT2D eigenvalue weighted by Crippen LogP contribution is -2.34. The number of nitrogens with two attached hydrogens (primary N) is 4. The maximum absolute atomic E-state index is 10.2. The minimum atomic E-state index is -3.67. The van der Waals surface area contributed by atoms with E-state index in [1.54, 1.807) is 0 Å². The minimum absolute atomic E-state index is 0.112. The Morgan fingerprint density at radius 2 is 1.41 bits per heavy atom. The molecular formula is C13H32N6O7S. The summed E-state index contributed by atoms with van der Waals surface area (Å²) in [6.07, 6.45) is 3.85. The summed E-state index contributed by atoms with van der Waals surface area (Å²) in [6.45, 7) is 1.09. The molecule has 13 N–H and O–H groups in total. The normalized spacial score (nSPS) is 12.3. The van der Waals surface area contributed by atoms with Crippen molar-refractivity contribution < 1.29 is 32.8 Å². The van der Waals surface area contributed by atoms with Crippen LogP contribution in [-0.2, 0) is 19.7 Å². The van der Waals surface area contributed by atoms with Crippen LogP contribution in [0.5, 0.6) is 0 Å². The monoisotopic (exact) mass is 416 g/mol. The zero-order valence-corrected chi connectivity index (χ0v) is 16.1. The van der Waals surface area contributed by atoms with E-state index in [0.29, 0.717) is 38.6 Å². The first-order valence-electron chi connectivity index (χ1n) is 7.89. The molecule has 13 nitrogen and oxygen atoms in total. The van der Waals surface area contributed by atoms with Gasteiger partial charge in [0.2, 0.25) is 0 Å². The summed E-state index contributed by atoms with van der Waals surface area (Å²) in [5.74, 6) is -2.05. The third kappa shape index (κ3) is 35.9. The van der Waals surface area contributed by atoms with Crippen LogP contribution in [0.15, 0.2) is 0 Å². The lowest BCUT2D eigenvalue weighted by molar-refractivity contribution is -0.139. The second kappa shape index (κ2) is 17.4. The molecule has 0 saturated carbocycles. The Hall–Kier alpha value is -2.00. The maximum atomic E-state index is 10.2. The van der Waals surface area contributed by atoms with E-state index in [0.717, 1.165) is 12.8 Å². The summed E-state index contributed by atoms with van der Waals surface area (Å²) >= 11 is 0. The van der Waals surface area contributed by atoms with Gasteiger partial charge < -0.3 is 38.5 Å². The zero-order chi connectivity index (χ0) is 22.0. The van der Waals surface area contributed by atoms with Gasteiger partial charge in [0.25, 0.3) is 10.1 Å². The fourth-order valence-electron chi connectivity index (χ4n) is 1.30. The molecule has 0 aliphatic carbocycles. The van der Waals surface area contributed by atoms with Crippen LogP contribution >= 0.6 is 0 Å². The molecule has 0 radical (unpaired) electrons. The molecule has 0 bridgehead atoms. The van der Waals surface area contributed by atoms with Crippen molar-refractivity contribution in [1.29, 1.82) is 5.41 Å². The number of unbranched alkanes of at least 4 members (excludes halogenated alkanes) is 1. The van der Waals surface area contributed by atoms with Crippen LogP contribution in [0, 0.1) is 5.41 Å². The number of hydrogen-bond acceptors (Lipinski definition) is 8. The third-order valence-electron chi connectivity index (χ3n) is 2.61. The topological polar surface area (TPSA) is 269 Å². The number of carboxylic acids is 2. The van der Waals surface area contributed by atoms with Gasteiger partial charge in [-0.1, -0.05) is 6.42 Å². The molecule has 162 valence electrons. The molecule has 0 fully saturated rings. The molecule has 0 rings (SSSR count). The molecule has 0 amide bonds.